The van der Waals surface area contributed by atoms with Crippen LogP contribution in [-0.4, -0.2) is 30.4 Å². The van der Waals surface area contributed by atoms with E-state index in [9.17, 15) is 36.3 Å². The Hall–Kier alpha value is -3.50. The number of halogens is 5. The van der Waals surface area contributed by atoms with Crippen LogP contribution in [0.5, 0.6) is 0 Å². The Bertz CT molecular complexity index is 1020. The number of nitrogens with one attached hydrogen (secondary N) is 1. The second kappa shape index (κ2) is 7.73. The number of alkyl halides is 3. The minimum absolute atomic E-state index is 0.0485. The van der Waals surface area contributed by atoms with Gasteiger partial charge < -0.3 is 10.1 Å². The maximum absolute atomic E-state index is 13.7. The first-order chi connectivity index (χ1) is 14.0. The van der Waals surface area contributed by atoms with Crippen molar-refractivity contribution in [3.05, 3.63) is 59.2 Å². The molecule has 0 spiro atoms. The van der Waals surface area contributed by atoms with Crippen LogP contribution in [0.4, 0.5) is 33.3 Å². The van der Waals surface area contributed by atoms with Crippen molar-refractivity contribution in [1.29, 1.82) is 0 Å². The lowest BCUT2D eigenvalue weighted by molar-refractivity contribution is -0.137. The molecule has 0 unspecified atom stereocenters. The Morgan fingerprint density at radius 2 is 1.77 bits per heavy atom. The van der Waals surface area contributed by atoms with Gasteiger partial charge in [-0.25, -0.2) is 13.6 Å². The number of esters is 1. The highest BCUT2D eigenvalue weighted by molar-refractivity contribution is 6.11. The molecule has 0 aromatic heterocycles. The van der Waals surface area contributed by atoms with Crippen molar-refractivity contribution in [3.8, 4) is 0 Å². The van der Waals surface area contributed by atoms with Gasteiger partial charge in [0.25, 0.3) is 5.91 Å². The predicted octanol–water partition coefficient (Wildman–Crippen LogP) is 3.51. The summed E-state index contributed by atoms with van der Waals surface area (Å²) in [6.07, 6.45) is -6.25. The van der Waals surface area contributed by atoms with Crippen LogP contribution in [0.25, 0.3) is 0 Å². The number of amides is 2. The molecule has 1 aliphatic rings. The molecule has 2 aromatic rings. The van der Waals surface area contributed by atoms with Gasteiger partial charge >= 0.3 is 12.1 Å². The van der Waals surface area contributed by atoms with Crippen LogP contribution in [0.15, 0.2) is 36.4 Å². The molecule has 11 heteroatoms. The fraction of sp³-hybridized carbons (Fsp3) is 0.211. The summed E-state index contributed by atoms with van der Waals surface area (Å²) >= 11 is 0. The van der Waals surface area contributed by atoms with E-state index in [0.29, 0.717) is 6.07 Å². The average Bonchev–Trinajstić information content (AvgIpc) is 2.65. The van der Waals surface area contributed by atoms with Crippen molar-refractivity contribution in [1.82, 2.24) is 0 Å². The van der Waals surface area contributed by atoms with Crippen LogP contribution < -0.4 is 10.2 Å². The highest BCUT2D eigenvalue weighted by Gasteiger charge is 2.36. The molecule has 2 aromatic carbocycles. The molecule has 6 nitrogen and oxygen atoms in total. The molecule has 0 bridgehead atoms. The molecule has 0 aliphatic carbocycles. The van der Waals surface area contributed by atoms with Crippen LogP contribution in [0.2, 0.25) is 0 Å². The zero-order chi connectivity index (χ0) is 22.2. The molecule has 1 atom stereocenters. The molecule has 30 heavy (non-hydrogen) atoms. The standard InChI is InChI=1S/C19H13F5N2O4/c1-9(30-18(29)16-11(20)3-2-4-12(16)21)17(28)26-8-15(27)25-13-7-10(19(22,23)24)5-6-14(13)26/h2-7,9H,8H2,1H3,(H,25,27)/t9-/m0/s1. The quantitative estimate of drug-likeness (QED) is 0.600. The van der Waals surface area contributed by atoms with Crippen molar-refractivity contribution >= 4 is 29.2 Å². The summed E-state index contributed by atoms with van der Waals surface area (Å²) in [6.45, 7) is 0.558. The first-order valence-electron chi connectivity index (χ1n) is 8.46. The molecule has 1 heterocycles. The largest absolute Gasteiger partial charge is 0.449 e. The van der Waals surface area contributed by atoms with Crippen molar-refractivity contribution < 1.29 is 41.1 Å². The molecule has 0 fully saturated rings. The third-order valence-corrected chi connectivity index (χ3v) is 4.25. The molecule has 0 radical (unpaired) electrons. The summed E-state index contributed by atoms with van der Waals surface area (Å²) in [5.41, 5.74) is -2.34. The zero-order valence-electron chi connectivity index (χ0n) is 15.2. The predicted molar refractivity (Wildman–Crippen MR) is 93.7 cm³/mol. The third kappa shape index (κ3) is 4.09. The number of hydrogen-bond acceptors (Lipinski definition) is 4. The van der Waals surface area contributed by atoms with Crippen molar-refractivity contribution in [2.24, 2.45) is 0 Å². The van der Waals surface area contributed by atoms with Gasteiger partial charge in [-0.15, -0.1) is 0 Å². The number of hydrogen-bond donors (Lipinski definition) is 1. The van der Waals surface area contributed by atoms with Crippen LogP contribution in [0.1, 0.15) is 22.8 Å². The van der Waals surface area contributed by atoms with Gasteiger partial charge in [0.1, 0.15) is 23.7 Å². The van der Waals surface area contributed by atoms with Gasteiger partial charge in [-0.2, -0.15) is 13.2 Å². The lowest BCUT2D eigenvalue weighted by atomic mass is 10.1. The normalized spacial score (nSPS) is 14.6. The summed E-state index contributed by atoms with van der Waals surface area (Å²) in [5.74, 6) is -5.56. The average molecular weight is 428 g/mol. The summed E-state index contributed by atoms with van der Waals surface area (Å²) in [7, 11) is 0. The second-order valence-electron chi connectivity index (χ2n) is 6.35. The summed E-state index contributed by atoms with van der Waals surface area (Å²) in [5, 5.41) is 2.24. The molecule has 1 aliphatic heterocycles. The molecule has 0 saturated heterocycles. The number of rotatable bonds is 3. The van der Waals surface area contributed by atoms with Crippen molar-refractivity contribution in [3.63, 3.8) is 0 Å². The number of nitrogens with zero attached hydrogens (tertiary/aromatic N) is 1. The number of anilines is 2. The van der Waals surface area contributed by atoms with Crippen LogP contribution in [0, 0.1) is 11.6 Å². The summed E-state index contributed by atoms with van der Waals surface area (Å²) in [6, 6.07) is 5.07. The SMILES string of the molecule is C[C@H](OC(=O)c1c(F)cccc1F)C(=O)N1CC(=O)Nc2cc(C(F)(F)F)ccc21. The molecule has 1 N–H and O–H groups in total. The Morgan fingerprint density at radius 1 is 1.13 bits per heavy atom. The fourth-order valence-electron chi connectivity index (χ4n) is 2.85. The molecular weight excluding hydrogens is 415 g/mol. The monoisotopic (exact) mass is 428 g/mol. The maximum Gasteiger partial charge on any atom is 0.416 e. The smallest absolute Gasteiger partial charge is 0.416 e. The summed E-state index contributed by atoms with van der Waals surface area (Å²) < 4.78 is 70.9. The van der Waals surface area contributed by atoms with Crippen molar-refractivity contribution in [2.45, 2.75) is 19.2 Å². The van der Waals surface area contributed by atoms with E-state index in [1.807, 2.05) is 0 Å². The highest BCUT2D eigenvalue weighted by Crippen LogP contribution is 2.37. The van der Waals surface area contributed by atoms with Crippen LogP contribution >= 0.6 is 0 Å². The number of carbonyl (C=O) groups is 3. The van der Waals surface area contributed by atoms with Gasteiger partial charge in [-0.1, -0.05) is 6.07 Å². The van der Waals surface area contributed by atoms with Gasteiger partial charge in [-0.3, -0.25) is 14.5 Å². The van der Waals surface area contributed by atoms with E-state index in [4.69, 9.17) is 4.74 Å². The van der Waals surface area contributed by atoms with Gasteiger partial charge in [0.2, 0.25) is 5.91 Å². The fourth-order valence-corrected chi connectivity index (χ4v) is 2.85. The molecule has 158 valence electrons. The molecule has 0 saturated carbocycles. The van der Waals surface area contributed by atoms with E-state index in [2.05, 4.69) is 5.32 Å². The summed E-state index contributed by atoms with van der Waals surface area (Å²) in [4.78, 5) is 37.4. The van der Waals surface area contributed by atoms with E-state index >= 15 is 0 Å². The molecule has 2 amide bonds. The molecular formula is C19H13F5N2O4. The first-order valence-corrected chi connectivity index (χ1v) is 8.46. The van der Waals surface area contributed by atoms with Gasteiger partial charge in [-0.05, 0) is 37.3 Å². The van der Waals surface area contributed by atoms with Crippen LogP contribution in [-0.2, 0) is 20.5 Å². The van der Waals surface area contributed by atoms with Gasteiger partial charge in [0.05, 0.1) is 16.9 Å². The van der Waals surface area contributed by atoms with Crippen molar-refractivity contribution in [2.75, 3.05) is 16.8 Å². The Labute approximate surface area is 166 Å². The van der Waals surface area contributed by atoms with E-state index in [0.717, 1.165) is 42.2 Å². The lowest BCUT2D eigenvalue weighted by Crippen LogP contribution is -2.47. The number of carbonyl (C=O) groups excluding carboxylic acids is 3. The maximum atomic E-state index is 13.7. The minimum atomic E-state index is -4.67. The van der Waals surface area contributed by atoms with E-state index < -0.39 is 59.4 Å². The third-order valence-electron chi connectivity index (χ3n) is 4.25. The highest BCUT2D eigenvalue weighted by atomic mass is 19.4. The van der Waals surface area contributed by atoms with Gasteiger partial charge in [0, 0.05) is 0 Å². The van der Waals surface area contributed by atoms with E-state index in [1.165, 1.54) is 0 Å². The number of benzene rings is 2. The Balaban J connectivity index is 1.85. The molecule has 3 rings (SSSR count). The number of ether oxygens (including phenoxy) is 1. The van der Waals surface area contributed by atoms with E-state index in [-0.39, 0.29) is 11.4 Å². The number of fused-ring (bicyclic) bond motifs is 1. The van der Waals surface area contributed by atoms with E-state index in [1.54, 1.807) is 0 Å². The topological polar surface area (TPSA) is 75.7 Å². The van der Waals surface area contributed by atoms with Gasteiger partial charge in [0.15, 0.2) is 6.10 Å². The second-order valence-corrected chi connectivity index (χ2v) is 6.35. The first kappa shape index (κ1) is 21.2. The minimum Gasteiger partial charge on any atom is -0.449 e. The Kier molecular flexibility index (Phi) is 5.47. The van der Waals surface area contributed by atoms with Crippen LogP contribution in [0.3, 0.4) is 0 Å². The lowest BCUT2D eigenvalue weighted by Gasteiger charge is -2.31. The zero-order valence-corrected chi connectivity index (χ0v) is 15.2. The Morgan fingerprint density at radius 3 is 2.37 bits per heavy atom.